The SMILES string of the molecule is CC(C)C(F)(OC(F)(F)C(F)(OC(F)(F)C(F)(F)S(=O)(=O)O)C(F)(F)F)C(F)F. The van der Waals surface area contributed by atoms with E-state index in [2.05, 4.69) is 4.74 Å². The van der Waals surface area contributed by atoms with Crippen LogP contribution in [-0.2, 0) is 19.6 Å². The first-order valence-corrected chi connectivity index (χ1v) is 7.97. The molecule has 0 amide bonds. The molecule has 0 bridgehead atoms. The van der Waals surface area contributed by atoms with Crippen LogP contribution in [0.15, 0.2) is 0 Å². The molecule has 2 unspecified atom stereocenters. The molecule has 0 saturated heterocycles. The number of ether oxygens (including phenoxy) is 2. The molecule has 0 spiro atoms. The third-order valence-electron chi connectivity index (χ3n) is 3.04. The molecule has 0 aromatic rings. The third-order valence-corrected chi connectivity index (χ3v) is 3.93. The van der Waals surface area contributed by atoms with Gasteiger partial charge < -0.3 is 0 Å². The lowest BCUT2D eigenvalue weighted by Gasteiger charge is -2.40. The Balaban J connectivity index is 6.54. The average Bonchev–Trinajstić information content (AvgIpc) is 2.42. The molecule has 5 nitrogen and oxygen atoms in total. The standard InChI is InChI=1S/C10H9F13O5S/c1-3(2)5(13,4(11)12)27-8(18,19)6(14,7(15,16)17)28-9(20,21)10(22,23)29(24,25)26/h3-4H,1-2H3,(H,24,25,26). The van der Waals surface area contributed by atoms with E-state index >= 15 is 0 Å². The second kappa shape index (κ2) is 7.56. The number of hydrogen-bond donors (Lipinski definition) is 1. The van der Waals surface area contributed by atoms with Crippen molar-refractivity contribution in [2.24, 2.45) is 5.92 Å². The highest BCUT2D eigenvalue weighted by Gasteiger charge is 2.82. The van der Waals surface area contributed by atoms with Gasteiger partial charge in [-0.25, -0.2) is 13.2 Å². The molecule has 0 heterocycles. The van der Waals surface area contributed by atoms with Crippen molar-refractivity contribution in [2.45, 2.75) is 55.6 Å². The summed E-state index contributed by atoms with van der Waals surface area (Å²) in [5, 5.41) is -7.16. The van der Waals surface area contributed by atoms with E-state index in [1.54, 1.807) is 4.74 Å². The maximum absolute atomic E-state index is 13.8. The summed E-state index contributed by atoms with van der Waals surface area (Å²) in [6, 6.07) is 0. The maximum atomic E-state index is 13.8. The molecule has 0 fully saturated rings. The third kappa shape index (κ3) is 4.82. The molecule has 0 radical (unpaired) electrons. The van der Waals surface area contributed by atoms with Crippen LogP contribution in [0.4, 0.5) is 57.1 Å². The molecule has 0 aliphatic carbocycles. The van der Waals surface area contributed by atoms with E-state index < -0.39 is 57.8 Å². The number of halogens is 13. The molecule has 19 heteroatoms. The Hall–Kier alpha value is -1.08. The minimum Gasteiger partial charge on any atom is -0.281 e. The van der Waals surface area contributed by atoms with Crippen LogP contribution in [0.25, 0.3) is 0 Å². The van der Waals surface area contributed by atoms with Crippen molar-refractivity contribution in [1.82, 2.24) is 0 Å². The highest BCUT2D eigenvalue weighted by molar-refractivity contribution is 7.86. The summed E-state index contributed by atoms with van der Waals surface area (Å²) in [5.41, 5.74) is 0. The fourth-order valence-electron chi connectivity index (χ4n) is 1.34. The zero-order chi connectivity index (χ0) is 24.1. The Morgan fingerprint density at radius 3 is 1.38 bits per heavy atom. The fraction of sp³-hybridized carbons (Fsp3) is 1.00. The molecule has 0 aliphatic rings. The van der Waals surface area contributed by atoms with Gasteiger partial charge in [-0.15, -0.1) is 0 Å². The Kier molecular flexibility index (Phi) is 7.28. The van der Waals surface area contributed by atoms with Crippen molar-refractivity contribution in [3.05, 3.63) is 0 Å². The monoisotopic (exact) mass is 488 g/mol. The van der Waals surface area contributed by atoms with Gasteiger partial charge in [-0.1, -0.05) is 13.8 Å². The van der Waals surface area contributed by atoms with Crippen molar-refractivity contribution in [2.75, 3.05) is 0 Å². The number of hydrogen-bond acceptors (Lipinski definition) is 4. The van der Waals surface area contributed by atoms with Gasteiger partial charge in [0.1, 0.15) is 0 Å². The smallest absolute Gasteiger partial charge is 0.281 e. The molecule has 176 valence electrons. The molecule has 2 atom stereocenters. The van der Waals surface area contributed by atoms with Crippen molar-refractivity contribution in [3.8, 4) is 0 Å². The minimum atomic E-state index is -7.53. The van der Waals surface area contributed by atoms with E-state index in [1.807, 2.05) is 0 Å². The van der Waals surface area contributed by atoms with E-state index in [1.165, 1.54) is 0 Å². The van der Waals surface area contributed by atoms with Gasteiger partial charge in [0.05, 0.1) is 0 Å². The zero-order valence-corrected chi connectivity index (χ0v) is 14.4. The second-order valence-electron chi connectivity index (χ2n) is 5.48. The highest BCUT2D eigenvalue weighted by atomic mass is 32.2. The van der Waals surface area contributed by atoms with Crippen LogP contribution < -0.4 is 0 Å². The normalized spacial score (nSPS) is 19.4. The average molecular weight is 488 g/mol. The predicted molar refractivity (Wildman–Crippen MR) is 63.1 cm³/mol. The molecule has 1 N–H and O–H groups in total. The summed E-state index contributed by atoms with van der Waals surface area (Å²) in [4.78, 5) is 0. The van der Waals surface area contributed by atoms with Crippen LogP contribution in [0, 0.1) is 5.92 Å². The van der Waals surface area contributed by atoms with Gasteiger partial charge >= 0.3 is 39.6 Å². The fourth-order valence-corrected chi connectivity index (χ4v) is 1.69. The van der Waals surface area contributed by atoms with Crippen molar-refractivity contribution >= 4 is 10.1 Å². The maximum Gasteiger partial charge on any atom is 0.460 e. The van der Waals surface area contributed by atoms with Gasteiger partial charge in [0.2, 0.25) is 0 Å². The first-order valence-electron chi connectivity index (χ1n) is 6.53. The second-order valence-corrected chi connectivity index (χ2v) is 6.94. The summed E-state index contributed by atoms with van der Waals surface area (Å²) < 4.78 is 202. The molecular formula is C10H9F13O5S. The van der Waals surface area contributed by atoms with E-state index in [4.69, 9.17) is 4.55 Å². The van der Waals surface area contributed by atoms with Crippen molar-refractivity contribution in [1.29, 1.82) is 0 Å². The van der Waals surface area contributed by atoms with E-state index in [0.29, 0.717) is 0 Å². The summed E-state index contributed by atoms with van der Waals surface area (Å²) in [6.07, 6.45) is -26.9. The van der Waals surface area contributed by atoms with Gasteiger partial charge in [-0.3, -0.25) is 14.0 Å². The number of alkyl halides is 13. The summed E-state index contributed by atoms with van der Waals surface area (Å²) in [7, 11) is -7.41. The lowest BCUT2D eigenvalue weighted by molar-refractivity contribution is -0.533. The Morgan fingerprint density at radius 1 is 0.759 bits per heavy atom. The van der Waals surface area contributed by atoms with Crippen molar-refractivity contribution in [3.63, 3.8) is 0 Å². The first-order chi connectivity index (χ1) is 12.3. The molecule has 0 aromatic carbocycles. The topological polar surface area (TPSA) is 72.8 Å². The van der Waals surface area contributed by atoms with Crippen LogP contribution in [0.5, 0.6) is 0 Å². The molecule has 0 saturated carbocycles. The molecule has 29 heavy (non-hydrogen) atoms. The molecule has 0 rings (SSSR count). The van der Waals surface area contributed by atoms with Crippen LogP contribution in [0.1, 0.15) is 13.8 Å². The Labute approximate surface area is 152 Å². The van der Waals surface area contributed by atoms with E-state index in [9.17, 15) is 65.5 Å². The quantitative estimate of drug-likeness (QED) is 0.383. The van der Waals surface area contributed by atoms with Crippen LogP contribution >= 0.6 is 0 Å². The van der Waals surface area contributed by atoms with Gasteiger partial charge in [0, 0.05) is 5.92 Å². The zero-order valence-electron chi connectivity index (χ0n) is 13.6. The minimum absolute atomic E-state index is 0.289. The van der Waals surface area contributed by atoms with Crippen molar-refractivity contribution < 1.29 is 79.5 Å². The molecule has 0 aliphatic heterocycles. The predicted octanol–water partition coefficient (Wildman–Crippen LogP) is 4.50. The van der Waals surface area contributed by atoms with Crippen LogP contribution in [-0.4, -0.2) is 54.8 Å². The Morgan fingerprint density at radius 2 is 1.14 bits per heavy atom. The molecule has 0 aromatic heterocycles. The van der Waals surface area contributed by atoms with Gasteiger partial charge in [0.25, 0.3) is 12.3 Å². The lowest BCUT2D eigenvalue weighted by Crippen LogP contribution is -2.66. The van der Waals surface area contributed by atoms with Crippen LogP contribution in [0.3, 0.4) is 0 Å². The highest BCUT2D eigenvalue weighted by Crippen LogP contribution is 2.54. The van der Waals surface area contributed by atoms with Gasteiger partial charge in [-0.2, -0.15) is 52.3 Å². The van der Waals surface area contributed by atoms with E-state index in [0.717, 1.165) is 0 Å². The number of rotatable bonds is 9. The van der Waals surface area contributed by atoms with Gasteiger partial charge in [0.15, 0.2) is 0 Å². The summed E-state index contributed by atoms with van der Waals surface area (Å²) in [6.45, 7) is 0.579. The first kappa shape index (κ1) is 27.9. The largest absolute Gasteiger partial charge is 0.460 e. The van der Waals surface area contributed by atoms with E-state index in [-0.39, 0.29) is 13.8 Å². The summed E-state index contributed by atoms with van der Waals surface area (Å²) >= 11 is 0. The molecular weight excluding hydrogens is 479 g/mol. The van der Waals surface area contributed by atoms with Gasteiger partial charge in [-0.05, 0) is 0 Å². The Bertz CT molecular complexity index is 681. The summed E-state index contributed by atoms with van der Waals surface area (Å²) in [5.74, 6) is -15.2. The van der Waals surface area contributed by atoms with Crippen LogP contribution in [0.2, 0.25) is 0 Å². The lowest BCUT2D eigenvalue weighted by atomic mass is 10.1.